The van der Waals surface area contributed by atoms with Crippen molar-refractivity contribution >= 4 is 11.3 Å². The Morgan fingerprint density at radius 2 is 2.28 bits per heavy atom. The number of rotatable bonds is 5. The van der Waals surface area contributed by atoms with E-state index in [1.165, 1.54) is 11.3 Å². The molecule has 96 valence electrons. The van der Waals surface area contributed by atoms with E-state index >= 15 is 0 Å². The van der Waals surface area contributed by atoms with Crippen LogP contribution < -0.4 is 10.9 Å². The van der Waals surface area contributed by atoms with E-state index in [-0.39, 0.29) is 5.56 Å². The lowest BCUT2D eigenvalue weighted by Crippen LogP contribution is -2.24. The molecule has 2 aromatic heterocycles. The van der Waals surface area contributed by atoms with Crippen molar-refractivity contribution in [3.8, 4) is 11.5 Å². The molecule has 2 N–H and O–H groups in total. The first kappa shape index (κ1) is 12.9. The van der Waals surface area contributed by atoms with Crippen LogP contribution in [-0.4, -0.2) is 21.5 Å². The summed E-state index contributed by atoms with van der Waals surface area (Å²) in [6, 6.07) is 0. The molecule has 0 saturated carbocycles. The Kier molecular flexibility index (Phi) is 4.22. The van der Waals surface area contributed by atoms with E-state index in [0.717, 1.165) is 6.54 Å². The van der Waals surface area contributed by atoms with Crippen LogP contribution in [0.5, 0.6) is 0 Å². The van der Waals surface area contributed by atoms with Crippen LogP contribution in [0.25, 0.3) is 11.5 Å². The van der Waals surface area contributed by atoms with Crippen molar-refractivity contribution in [3.63, 3.8) is 0 Å². The second-order valence-electron chi connectivity index (χ2n) is 4.48. The molecular weight excluding hydrogens is 248 g/mol. The van der Waals surface area contributed by atoms with Crippen molar-refractivity contribution in [2.24, 2.45) is 5.92 Å². The lowest BCUT2D eigenvalue weighted by molar-refractivity contribution is 0.550. The van der Waals surface area contributed by atoms with Crippen molar-refractivity contribution in [3.05, 3.63) is 33.0 Å². The summed E-state index contributed by atoms with van der Waals surface area (Å²) < 4.78 is 0. The van der Waals surface area contributed by atoms with Crippen molar-refractivity contribution in [1.29, 1.82) is 0 Å². The maximum Gasteiger partial charge on any atom is 0.255 e. The van der Waals surface area contributed by atoms with E-state index < -0.39 is 0 Å². The number of aromatic nitrogens is 3. The summed E-state index contributed by atoms with van der Waals surface area (Å²) in [5, 5.41) is 5.08. The molecule has 0 saturated heterocycles. The zero-order chi connectivity index (χ0) is 13.0. The first-order valence-corrected chi connectivity index (χ1v) is 6.78. The highest BCUT2D eigenvalue weighted by Crippen LogP contribution is 2.12. The van der Waals surface area contributed by atoms with Crippen LogP contribution >= 0.6 is 11.3 Å². The average Bonchev–Trinajstić information content (AvgIpc) is 2.84. The maximum absolute atomic E-state index is 11.9. The summed E-state index contributed by atoms with van der Waals surface area (Å²) in [6.07, 6.45) is 1.61. The normalized spacial score (nSPS) is 11.1. The Morgan fingerprint density at radius 1 is 1.44 bits per heavy atom. The van der Waals surface area contributed by atoms with Gasteiger partial charge in [0.2, 0.25) is 0 Å². The van der Waals surface area contributed by atoms with Gasteiger partial charge in [-0.25, -0.2) is 9.97 Å². The molecule has 0 fully saturated rings. The van der Waals surface area contributed by atoms with Gasteiger partial charge >= 0.3 is 0 Å². The van der Waals surface area contributed by atoms with E-state index in [2.05, 4.69) is 34.1 Å². The predicted octanol–water partition coefficient (Wildman–Crippen LogP) is 1.64. The summed E-state index contributed by atoms with van der Waals surface area (Å²) in [5.74, 6) is 1.08. The topological polar surface area (TPSA) is 70.7 Å². The number of aromatic amines is 1. The molecular formula is C12H16N4OS. The number of hydrogen-bond donors (Lipinski definition) is 2. The maximum atomic E-state index is 11.9. The van der Waals surface area contributed by atoms with Crippen molar-refractivity contribution in [2.45, 2.75) is 20.4 Å². The monoisotopic (exact) mass is 264 g/mol. The fourth-order valence-electron chi connectivity index (χ4n) is 1.50. The summed E-state index contributed by atoms with van der Waals surface area (Å²) >= 11 is 1.48. The second-order valence-corrected chi connectivity index (χ2v) is 5.20. The van der Waals surface area contributed by atoms with Gasteiger partial charge in [-0.2, -0.15) is 0 Å². The number of thiazole rings is 1. The third kappa shape index (κ3) is 3.24. The lowest BCUT2D eigenvalue weighted by atomic mass is 10.2. The molecule has 0 unspecified atom stereocenters. The Balaban J connectivity index is 2.09. The highest BCUT2D eigenvalue weighted by atomic mass is 32.1. The molecule has 6 heteroatoms. The van der Waals surface area contributed by atoms with E-state index in [4.69, 9.17) is 0 Å². The van der Waals surface area contributed by atoms with Gasteiger partial charge in [-0.15, -0.1) is 11.3 Å². The minimum atomic E-state index is -0.107. The Hall–Kier alpha value is -1.53. The minimum Gasteiger partial charge on any atom is -0.312 e. The molecule has 18 heavy (non-hydrogen) atoms. The van der Waals surface area contributed by atoms with Gasteiger partial charge in [0.05, 0.1) is 5.51 Å². The molecule has 0 amide bonds. The SMILES string of the molecule is CC(C)CNCc1cnc(-c2cscn2)[nH]c1=O. The highest BCUT2D eigenvalue weighted by molar-refractivity contribution is 7.07. The zero-order valence-electron chi connectivity index (χ0n) is 10.4. The van der Waals surface area contributed by atoms with Crippen molar-refractivity contribution < 1.29 is 0 Å². The molecule has 2 heterocycles. The minimum absolute atomic E-state index is 0.107. The fraction of sp³-hybridized carbons (Fsp3) is 0.417. The number of nitrogens with zero attached hydrogens (tertiary/aromatic N) is 2. The van der Waals surface area contributed by atoms with Gasteiger partial charge < -0.3 is 10.3 Å². The Bertz CT molecular complexity index is 547. The van der Waals surface area contributed by atoms with Crippen LogP contribution in [0.1, 0.15) is 19.4 Å². The molecule has 2 rings (SSSR count). The number of hydrogen-bond acceptors (Lipinski definition) is 5. The first-order valence-electron chi connectivity index (χ1n) is 5.84. The molecule has 0 aromatic carbocycles. The molecule has 0 atom stereocenters. The molecule has 0 aliphatic heterocycles. The summed E-state index contributed by atoms with van der Waals surface area (Å²) in [7, 11) is 0. The van der Waals surface area contributed by atoms with E-state index in [1.807, 2.05) is 5.38 Å². The fourth-order valence-corrected chi connectivity index (χ4v) is 2.04. The largest absolute Gasteiger partial charge is 0.312 e. The lowest BCUT2D eigenvalue weighted by Gasteiger charge is -2.06. The smallest absolute Gasteiger partial charge is 0.255 e. The van der Waals surface area contributed by atoms with Gasteiger partial charge in [-0.3, -0.25) is 4.79 Å². The molecule has 5 nitrogen and oxygen atoms in total. The Morgan fingerprint density at radius 3 is 2.89 bits per heavy atom. The predicted molar refractivity (Wildman–Crippen MR) is 72.5 cm³/mol. The van der Waals surface area contributed by atoms with Gasteiger partial charge in [0.1, 0.15) is 5.69 Å². The second kappa shape index (κ2) is 5.88. The summed E-state index contributed by atoms with van der Waals surface area (Å²) in [5.41, 5.74) is 2.96. The Labute approximate surface area is 109 Å². The zero-order valence-corrected chi connectivity index (χ0v) is 11.3. The summed E-state index contributed by atoms with van der Waals surface area (Å²) in [6.45, 7) is 5.67. The van der Waals surface area contributed by atoms with E-state index in [9.17, 15) is 4.79 Å². The van der Waals surface area contributed by atoms with Crippen LogP contribution in [0, 0.1) is 5.92 Å². The molecule has 0 bridgehead atoms. The third-order valence-electron chi connectivity index (χ3n) is 2.42. The van der Waals surface area contributed by atoms with E-state index in [1.54, 1.807) is 11.7 Å². The van der Waals surface area contributed by atoms with Crippen LogP contribution in [-0.2, 0) is 6.54 Å². The molecule has 0 aliphatic rings. The number of H-pyrrole nitrogens is 1. The van der Waals surface area contributed by atoms with Gasteiger partial charge in [0, 0.05) is 23.7 Å². The van der Waals surface area contributed by atoms with Crippen molar-refractivity contribution in [2.75, 3.05) is 6.54 Å². The molecule has 2 aromatic rings. The van der Waals surface area contributed by atoms with Crippen molar-refractivity contribution in [1.82, 2.24) is 20.3 Å². The van der Waals surface area contributed by atoms with Crippen LogP contribution in [0.15, 0.2) is 21.9 Å². The molecule has 0 aliphatic carbocycles. The van der Waals surface area contributed by atoms with E-state index in [0.29, 0.717) is 29.5 Å². The van der Waals surface area contributed by atoms with Gasteiger partial charge in [-0.05, 0) is 12.5 Å². The average molecular weight is 264 g/mol. The van der Waals surface area contributed by atoms with Gasteiger partial charge in [-0.1, -0.05) is 13.8 Å². The number of nitrogens with one attached hydrogen (secondary N) is 2. The third-order valence-corrected chi connectivity index (χ3v) is 3.00. The standard InChI is InChI=1S/C12H16N4OS/c1-8(2)3-13-4-9-5-14-11(16-12(9)17)10-6-18-7-15-10/h5-8,13H,3-4H2,1-2H3,(H,14,16,17). The molecule has 0 radical (unpaired) electrons. The first-order chi connectivity index (χ1) is 8.66. The van der Waals surface area contributed by atoms with Crippen LogP contribution in [0.3, 0.4) is 0 Å². The van der Waals surface area contributed by atoms with Crippen LogP contribution in [0.4, 0.5) is 0 Å². The van der Waals surface area contributed by atoms with Gasteiger partial charge in [0.15, 0.2) is 5.82 Å². The summed E-state index contributed by atoms with van der Waals surface area (Å²) in [4.78, 5) is 22.9. The molecule has 0 spiro atoms. The highest BCUT2D eigenvalue weighted by Gasteiger charge is 2.06. The quantitative estimate of drug-likeness (QED) is 0.861. The van der Waals surface area contributed by atoms with Crippen LogP contribution in [0.2, 0.25) is 0 Å². The van der Waals surface area contributed by atoms with Gasteiger partial charge in [0.25, 0.3) is 5.56 Å².